The molecular weight excluding hydrogens is 238 g/mol. The maximum absolute atomic E-state index is 11.4. The van der Waals surface area contributed by atoms with Gasteiger partial charge in [0.15, 0.2) is 0 Å². The summed E-state index contributed by atoms with van der Waals surface area (Å²) < 4.78 is 0. The molecule has 1 rings (SSSR count). The molecule has 0 saturated heterocycles. The van der Waals surface area contributed by atoms with E-state index in [1.165, 1.54) is 5.56 Å². The fourth-order valence-electron chi connectivity index (χ4n) is 1.91. The Kier molecular flexibility index (Phi) is 6.53. The Balaban J connectivity index is 2.44. The van der Waals surface area contributed by atoms with Gasteiger partial charge < -0.3 is 16.4 Å². The lowest BCUT2D eigenvalue weighted by molar-refractivity contribution is 0.0963. The van der Waals surface area contributed by atoms with Crippen LogP contribution in [-0.2, 0) is 6.54 Å². The minimum Gasteiger partial charge on any atom is -0.355 e. The third-order valence-corrected chi connectivity index (χ3v) is 3.42. The highest BCUT2D eigenvalue weighted by molar-refractivity contribution is 5.93. The fourth-order valence-corrected chi connectivity index (χ4v) is 1.91. The van der Waals surface area contributed by atoms with Crippen molar-refractivity contribution >= 4 is 5.91 Å². The van der Waals surface area contributed by atoms with Crippen LogP contribution in [0.15, 0.2) is 24.3 Å². The molecule has 0 aliphatic rings. The van der Waals surface area contributed by atoms with Crippen molar-refractivity contribution in [2.45, 2.75) is 20.4 Å². The molecule has 0 aliphatic carbocycles. The number of nitrogens with one attached hydrogen (secondary N) is 2. The minimum absolute atomic E-state index is 0.0532. The highest BCUT2D eigenvalue weighted by Gasteiger charge is 2.10. The van der Waals surface area contributed by atoms with E-state index >= 15 is 0 Å². The number of hydrogen-bond donors (Lipinski definition) is 3. The van der Waals surface area contributed by atoms with Gasteiger partial charge in [0, 0.05) is 19.2 Å². The first kappa shape index (κ1) is 15.7. The largest absolute Gasteiger partial charge is 0.355 e. The second-order valence-electron chi connectivity index (χ2n) is 5.15. The zero-order valence-corrected chi connectivity index (χ0v) is 12.1. The first-order valence-electron chi connectivity index (χ1n) is 6.80. The summed E-state index contributed by atoms with van der Waals surface area (Å²) in [5.74, 6) is 1.04. The van der Waals surface area contributed by atoms with Gasteiger partial charge in [-0.25, -0.2) is 0 Å². The third-order valence-electron chi connectivity index (χ3n) is 3.42. The molecule has 1 unspecified atom stereocenters. The molecule has 0 aromatic heterocycles. The van der Waals surface area contributed by atoms with Crippen molar-refractivity contribution in [1.29, 1.82) is 0 Å². The van der Waals surface area contributed by atoms with E-state index in [4.69, 9.17) is 5.73 Å². The smallest absolute Gasteiger partial charge is 0.251 e. The predicted molar refractivity (Wildman–Crippen MR) is 78.9 cm³/mol. The molecule has 0 aliphatic heterocycles. The molecule has 1 atom stereocenters. The molecule has 4 heteroatoms. The van der Waals surface area contributed by atoms with Crippen LogP contribution in [0.3, 0.4) is 0 Å². The number of carbonyl (C=O) groups excluding carboxylic acids is 1. The zero-order valence-electron chi connectivity index (χ0n) is 12.1. The standard InChI is InChI=1S/C15H25N3O/c1-11(2)14(8-16)10-18-9-12-4-6-13(7-5-12)15(19)17-3/h4-7,11,14,18H,8-10,16H2,1-3H3,(H,17,19). The molecule has 0 spiro atoms. The van der Waals surface area contributed by atoms with Gasteiger partial charge in [0.1, 0.15) is 0 Å². The number of hydrogen-bond acceptors (Lipinski definition) is 3. The molecule has 0 radical (unpaired) electrons. The number of carbonyl (C=O) groups is 1. The molecular formula is C15H25N3O. The van der Waals surface area contributed by atoms with Gasteiger partial charge in [0.25, 0.3) is 5.91 Å². The molecule has 0 heterocycles. The summed E-state index contributed by atoms with van der Waals surface area (Å²) >= 11 is 0. The van der Waals surface area contributed by atoms with Gasteiger partial charge in [-0.05, 0) is 42.6 Å². The zero-order chi connectivity index (χ0) is 14.3. The number of benzene rings is 1. The molecule has 4 N–H and O–H groups in total. The van der Waals surface area contributed by atoms with Crippen molar-refractivity contribution in [3.63, 3.8) is 0 Å². The van der Waals surface area contributed by atoms with Crippen LogP contribution < -0.4 is 16.4 Å². The van der Waals surface area contributed by atoms with E-state index in [0.717, 1.165) is 13.1 Å². The van der Waals surface area contributed by atoms with Gasteiger partial charge in [-0.1, -0.05) is 26.0 Å². The second-order valence-corrected chi connectivity index (χ2v) is 5.15. The van der Waals surface area contributed by atoms with Crippen LogP contribution >= 0.6 is 0 Å². The maximum atomic E-state index is 11.4. The van der Waals surface area contributed by atoms with E-state index in [2.05, 4.69) is 24.5 Å². The normalized spacial score (nSPS) is 12.5. The molecule has 0 saturated carbocycles. The van der Waals surface area contributed by atoms with E-state index in [-0.39, 0.29) is 5.91 Å². The summed E-state index contributed by atoms with van der Waals surface area (Å²) in [7, 11) is 1.64. The van der Waals surface area contributed by atoms with Crippen molar-refractivity contribution in [3.05, 3.63) is 35.4 Å². The Morgan fingerprint density at radius 2 is 1.89 bits per heavy atom. The Morgan fingerprint density at radius 3 is 2.37 bits per heavy atom. The van der Waals surface area contributed by atoms with Gasteiger partial charge in [0.05, 0.1) is 0 Å². The van der Waals surface area contributed by atoms with Gasteiger partial charge in [-0.15, -0.1) is 0 Å². The molecule has 0 fully saturated rings. The number of rotatable bonds is 7. The van der Waals surface area contributed by atoms with Gasteiger partial charge in [-0.2, -0.15) is 0 Å². The van der Waals surface area contributed by atoms with E-state index in [1.807, 2.05) is 24.3 Å². The monoisotopic (exact) mass is 263 g/mol. The van der Waals surface area contributed by atoms with E-state index in [9.17, 15) is 4.79 Å². The first-order valence-corrected chi connectivity index (χ1v) is 6.80. The number of amides is 1. The lowest BCUT2D eigenvalue weighted by Crippen LogP contribution is -2.31. The fraction of sp³-hybridized carbons (Fsp3) is 0.533. The highest BCUT2D eigenvalue weighted by Crippen LogP contribution is 2.08. The van der Waals surface area contributed by atoms with Crippen molar-refractivity contribution < 1.29 is 4.79 Å². The summed E-state index contributed by atoms with van der Waals surface area (Å²) in [6.45, 7) is 6.82. The molecule has 0 bridgehead atoms. The molecule has 1 aromatic rings. The van der Waals surface area contributed by atoms with E-state index in [1.54, 1.807) is 7.05 Å². The van der Waals surface area contributed by atoms with Crippen LogP contribution in [-0.4, -0.2) is 26.0 Å². The topological polar surface area (TPSA) is 67.2 Å². The average molecular weight is 263 g/mol. The van der Waals surface area contributed by atoms with Crippen molar-refractivity contribution in [2.24, 2.45) is 17.6 Å². The van der Waals surface area contributed by atoms with Gasteiger partial charge in [-0.3, -0.25) is 4.79 Å². The quantitative estimate of drug-likeness (QED) is 0.696. The van der Waals surface area contributed by atoms with Crippen LogP contribution in [0, 0.1) is 11.8 Å². The summed E-state index contributed by atoms with van der Waals surface area (Å²) in [5.41, 5.74) is 7.60. The van der Waals surface area contributed by atoms with Crippen LogP contribution in [0.5, 0.6) is 0 Å². The summed E-state index contributed by atoms with van der Waals surface area (Å²) in [6, 6.07) is 7.65. The molecule has 1 aromatic carbocycles. The molecule has 19 heavy (non-hydrogen) atoms. The molecule has 1 amide bonds. The summed E-state index contributed by atoms with van der Waals surface area (Å²) in [6.07, 6.45) is 0. The SMILES string of the molecule is CNC(=O)c1ccc(CNCC(CN)C(C)C)cc1. The lowest BCUT2D eigenvalue weighted by atomic mass is 9.96. The Morgan fingerprint density at radius 1 is 1.26 bits per heavy atom. The summed E-state index contributed by atoms with van der Waals surface area (Å²) in [5, 5.41) is 6.03. The average Bonchev–Trinajstić information content (AvgIpc) is 2.43. The molecule has 106 valence electrons. The first-order chi connectivity index (χ1) is 9.08. The van der Waals surface area contributed by atoms with Crippen molar-refractivity contribution in [1.82, 2.24) is 10.6 Å². The maximum Gasteiger partial charge on any atom is 0.251 e. The Bertz CT molecular complexity index is 387. The van der Waals surface area contributed by atoms with Gasteiger partial charge in [0.2, 0.25) is 0 Å². The Labute approximate surface area is 115 Å². The Hall–Kier alpha value is -1.39. The van der Waals surface area contributed by atoms with Crippen LogP contribution in [0.2, 0.25) is 0 Å². The summed E-state index contributed by atoms with van der Waals surface area (Å²) in [4.78, 5) is 11.4. The lowest BCUT2D eigenvalue weighted by Gasteiger charge is -2.19. The third kappa shape index (κ3) is 5.01. The molecule has 4 nitrogen and oxygen atoms in total. The van der Waals surface area contributed by atoms with Crippen molar-refractivity contribution in [2.75, 3.05) is 20.1 Å². The highest BCUT2D eigenvalue weighted by atomic mass is 16.1. The van der Waals surface area contributed by atoms with Crippen molar-refractivity contribution in [3.8, 4) is 0 Å². The van der Waals surface area contributed by atoms with E-state index in [0.29, 0.717) is 23.9 Å². The van der Waals surface area contributed by atoms with Crippen LogP contribution in [0.4, 0.5) is 0 Å². The van der Waals surface area contributed by atoms with Gasteiger partial charge >= 0.3 is 0 Å². The second kappa shape index (κ2) is 7.92. The van der Waals surface area contributed by atoms with E-state index < -0.39 is 0 Å². The number of nitrogens with two attached hydrogens (primary N) is 1. The van der Waals surface area contributed by atoms with Crippen LogP contribution in [0.1, 0.15) is 29.8 Å². The minimum atomic E-state index is -0.0532. The predicted octanol–water partition coefficient (Wildman–Crippen LogP) is 1.37. The van der Waals surface area contributed by atoms with Crippen LogP contribution in [0.25, 0.3) is 0 Å².